The van der Waals surface area contributed by atoms with Gasteiger partial charge in [-0.3, -0.25) is 4.79 Å². The molecule has 0 saturated heterocycles. The highest BCUT2D eigenvalue weighted by Gasteiger charge is 2.32. The van der Waals surface area contributed by atoms with E-state index in [1.165, 1.54) is 0 Å². The van der Waals surface area contributed by atoms with Crippen molar-refractivity contribution in [3.8, 4) is 11.1 Å². The van der Waals surface area contributed by atoms with Crippen molar-refractivity contribution >= 4 is 18.0 Å². The number of carboxylic acid groups (broad SMARTS) is 1. The third-order valence-electron chi connectivity index (χ3n) is 5.76. The summed E-state index contributed by atoms with van der Waals surface area (Å²) in [5.41, 5.74) is 3.59. The van der Waals surface area contributed by atoms with Crippen LogP contribution in [0.25, 0.3) is 11.1 Å². The lowest BCUT2D eigenvalue weighted by Crippen LogP contribution is -2.49. The van der Waals surface area contributed by atoms with Crippen LogP contribution < -0.4 is 10.6 Å². The van der Waals surface area contributed by atoms with Crippen molar-refractivity contribution in [3.05, 3.63) is 59.7 Å². The highest BCUT2D eigenvalue weighted by atomic mass is 16.5. The fraction of sp³-hybridized carbons (Fsp3) is 0.375. The highest BCUT2D eigenvalue weighted by Crippen LogP contribution is 2.44. The molecule has 170 valence electrons. The Bertz CT molecular complexity index is 958. The number of fused-ring (bicyclic) bond motifs is 3. The van der Waals surface area contributed by atoms with Gasteiger partial charge in [-0.15, -0.1) is 0 Å². The van der Waals surface area contributed by atoms with Gasteiger partial charge >= 0.3 is 12.1 Å². The zero-order valence-corrected chi connectivity index (χ0v) is 18.1. The number of rotatable bonds is 9. The number of aliphatic hydroxyl groups is 1. The number of ether oxygens (including phenoxy) is 1. The molecule has 4 N–H and O–H groups in total. The van der Waals surface area contributed by atoms with Gasteiger partial charge in [-0.05, 0) is 28.7 Å². The molecule has 0 aromatic heterocycles. The lowest BCUT2D eigenvalue weighted by Gasteiger charge is -2.25. The largest absolute Gasteiger partial charge is 0.480 e. The number of nitrogens with one attached hydrogen (secondary N) is 2. The van der Waals surface area contributed by atoms with Crippen molar-refractivity contribution in [2.24, 2.45) is 5.41 Å². The van der Waals surface area contributed by atoms with Gasteiger partial charge in [0.2, 0.25) is 5.91 Å². The van der Waals surface area contributed by atoms with E-state index >= 15 is 0 Å². The van der Waals surface area contributed by atoms with E-state index < -0.39 is 36.0 Å². The predicted octanol–water partition coefficient (Wildman–Crippen LogP) is 2.50. The van der Waals surface area contributed by atoms with E-state index in [9.17, 15) is 14.4 Å². The fourth-order valence-electron chi connectivity index (χ4n) is 3.78. The quantitative estimate of drug-likeness (QED) is 0.475. The van der Waals surface area contributed by atoms with Gasteiger partial charge in [0.05, 0.1) is 6.61 Å². The predicted molar refractivity (Wildman–Crippen MR) is 118 cm³/mol. The van der Waals surface area contributed by atoms with Gasteiger partial charge in [-0.2, -0.15) is 0 Å². The van der Waals surface area contributed by atoms with Crippen LogP contribution in [0.4, 0.5) is 4.79 Å². The standard InChI is InChI=1S/C24H28N2O6/c1-24(2,22(30)26-20(13-27)21(28)29)11-12-25-23(31)32-14-19-17-9-5-3-7-15(17)16-8-4-6-10-18(16)19/h3-10,19-20,27H,11-14H2,1-2H3,(H,25,31)(H,26,30)(H,28,29)/t20-/m1/s1. The maximum atomic E-state index is 12.3. The van der Waals surface area contributed by atoms with Crippen LogP contribution in [-0.4, -0.2) is 54.0 Å². The maximum Gasteiger partial charge on any atom is 0.407 e. The van der Waals surface area contributed by atoms with Gasteiger partial charge < -0.3 is 25.6 Å². The van der Waals surface area contributed by atoms with Gasteiger partial charge in [0.25, 0.3) is 0 Å². The Hall–Kier alpha value is -3.39. The van der Waals surface area contributed by atoms with Crippen LogP contribution in [0, 0.1) is 5.41 Å². The average molecular weight is 440 g/mol. The van der Waals surface area contributed by atoms with Gasteiger partial charge in [-0.25, -0.2) is 9.59 Å². The molecular formula is C24H28N2O6. The van der Waals surface area contributed by atoms with Crippen molar-refractivity contribution in [2.45, 2.75) is 32.2 Å². The number of aliphatic carboxylic acids is 1. The second-order valence-electron chi connectivity index (χ2n) is 8.43. The van der Waals surface area contributed by atoms with Crippen molar-refractivity contribution in [1.82, 2.24) is 10.6 Å². The summed E-state index contributed by atoms with van der Waals surface area (Å²) in [5.74, 6) is -1.87. The van der Waals surface area contributed by atoms with Crippen molar-refractivity contribution < 1.29 is 29.3 Å². The molecule has 1 aliphatic rings. The molecule has 8 heteroatoms. The Morgan fingerprint density at radius 3 is 2.12 bits per heavy atom. The summed E-state index contributed by atoms with van der Waals surface area (Å²) in [6.07, 6.45) is -0.317. The van der Waals surface area contributed by atoms with Gasteiger partial charge in [0.1, 0.15) is 12.6 Å². The first-order valence-electron chi connectivity index (χ1n) is 10.5. The SMILES string of the molecule is CC(C)(CCNC(=O)OCC1c2ccccc2-c2ccccc21)C(=O)N[C@H](CO)C(=O)O. The molecular weight excluding hydrogens is 412 g/mol. The molecule has 2 aromatic rings. The van der Waals surface area contributed by atoms with Gasteiger partial charge in [0.15, 0.2) is 0 Å². The Labute approximate surface area is 186 Å². The van der Waals surface area contributed by atoms with E-state index in [1.807, 2.05) is 36.4 Å². The van der Waals surface area contributed by atoms with Crippen LogP contribution in [0.2, 0.25) is 0 Å². The van der Waals surface area contributed by atoms with Crippen molar-refractivity contribution in [1.29, 1.82) is 0 Å². The number of hydrogen-bond acceptors (Lipinski definition) is 5. The van der Waals surface area contributed by atoms with E-state index in [4.69, 9.17) is 14.9 Å². The molecule has 3 rings (SSSR count). The van der Waals surface area contributed by atoms with E-state index in [0.29, 0.717) is 0 Å². The van der Waals surface area contributed by atoms with Crippen molar-refractivity contribution in [2.75, 3.05) is 19.8 Å². The summed E-state index contributed by atoms with van der Waals surface area (Å²) < 4.78 is 5.47. The third kappa shape index (κ3) is 5.08. The smallest absolute Gasteiger partial charge is 0.407 e. The van der Waals surface area contributed by atoms with E-state index in [0.717, 1.165) is 22.3 Å². The van der Waals surface area contributed by atoms with E-state index in [1.54, 1.807) is 13.8 Å². The Morgan fingerprint density at radius 2 is 1.59 bits per heavy atom. The molecule has 0 bridgehead atoms. The molecule has 0 unspecified atom stereocenters. The summed E-state index contributed by atoms with van der Waals surface area (Å²) in [4.78, 5) is 35.5. The molecule has 32 heavy (non-hydrogen) atoms. The van der Waals surface area contributed by atoms with E-state index in [-0.39, 0.29) is 25.5 Å². The second-order valence-corrected chi connectivity index (χ2v) is 8.43. The summed E-state index contributed by atoms with van der Waals surface area (Å²) in [6, 6.07) is 14.8. The van der Waals surface area contributed by atoms with Crippen LogP contribution in [0.5, 0.6) is 0 Å². The molecule has 1 atom stereocenters. The van der Waals surface area contributed by atoms with Gasteiger partial charge in [-0.1, -0.05) is 62.4 Å². The number of carboxylic acids is 1. The zero-order valence-electron chi connectivity index (χ0n) is 18.1. The average Bonchev–Trinajstić information content (AvgIpc) is 3.09. The molecule has 8 nitrogen and oxygen atoms in total. The topological polar surface area (TPSA) is 125 Å². The first kappa shape index (κ1) is 23.3. The first-order valence-corrected chi connectivity index (χ1v) is 10.5. The normalized spacial score (nSPS) is 13.6. The number of carbonyl (C=O) groups excluding carboxylic acids is 2. The number of alkyl carbamates (subject to hydrolysis) is 1. The summed E-state index contributed by atoms with van der Waals surface area (Å²) >= 11 is 0. The Balaban J connectivity index is 1.51. The lowest BCUT2D eigenvalue weighted by molar-refractivity contribution is -0.144. The van der Waals surface area contributed by atoms with Crippen molar-refractivity contribution in [3.63, 3.8) is 0 Å². The number of amides is 2. The fourth-order valence-corrected chi connectivity index (χ4v) is 3.78. The number of benzene rings is 2. The molecule has 0 aliphatic heterocycles. The molecule has 0 radical (unpaired) electrons. The summed E-state index contributed by atoms with van der Waals surface area (Å²) in [6.45, 7) is 2.94. The summed E-state index contributed by atoms with van der Waals surface area (Å²) in [7, 11) is 0. The molecule has 0 spiro atoms. The monoisotopic (exact) mass is 440 g/mol. The minimum absolute atomic E-state index is 0.0400. The summed E-state index contributed by atoms with van der Waals surface area (Å²) in [5, 5.41) is 23.0. The third-order valence-corrected chi connectivity index (χ3v) is 5.76. The van der Waals surface area contributed by atoms with Gasteiger partial charge in [0, 0.05) is 17.9 Å². The molecule has 0 fully saturated rings. The van der Waals surface area contributed by atoms with Crippen LogP contribution in [-0.2, 0) is 14.3 Å². The maximum absolute atomic E-state index is 12.3. The van der Waals surface area contributed by atoms with Crippen LogP contribution in [0.1, 0.15) is 37.3 Å². The molecule has 0 saturated carbocycles. The first-order chi connectivity index (χ1) is 15.2. The number of hydrogen-bond donors (Lipinski definition) is 4. The van der Waals surface area contributed by atoms with Crippen LogP contribution in [0.3, 0.4) is 0 Å². The highest BCUT2D eigenvalue weighted by molar-refractivity contribution is 5.87. The molecule has 2 amide bonds. The number of carbonyl (C=O) groups is 3. The zero-order chi connectivity index (χ0) is 23.3. The lowest BCUT2D eigenvalue weighted by atomic mass is 9.88. The molecule has 0 heterocycles. The molecule has 2 aromatic carbocycles. The molecule has 1 aliphatic carbocycles. The number of aliphatic hydroxyl groups excluding tert-OH is 1. The van der Waals surface area contributed by atoms with Crippen LogP contribution >= 0.6 is 0 Å². The minimum atomic E-state index is -1.36. The van der Waals surface area contributed by atoms with Crippen LogP contribution in [0.15, 0.2) is 48.5 Å². The Morgan fingerprint density at radius 1 is 1.03 bits per heavy atom. The second kappa shape index (κ2) is 9.82. The minimum Gasteiger partial charge on any atom is -0.480 e. The Kier molecular flexibility index (Phi) is 7.15. The van der Waals surface area contributed by atoms with E-state index in [2.05, 4.69) is 22.8 Å².